The fraction of sp³-hybridized carbons (Fsp3) is 0.241. The second kappa shape index (κ2) is 11.9. The Kier molecular flexibility index (Phi) is 7.92. The van der Waals surface area contributed by atoms with Crippen LogP contribution >= 0.6 is 0 Å². The molecule has 2 amide bonds. The van der Waals surface area contributed by atoms with Crippen molar-refractivity contribution in [3.63, 3.8) is 0 Å². The number of carbonyl (C=O) groups excluding carboxylic acids is 1. The molecule has 0 saturated heterocycles. The minimum Gasteiger partial charge on any atom is -0.493 e. The van der Waals surface area contributed by atoms with Gasteiger partial charge in [0.25, 0.3) is 5.91 Å². The van der Waals surface area contributed by atoms with Gasteiger partial charge in [0.2, 0.25) is 0 Å². The molecule has 2 aromatic heterocycles. The third-order valence-electron chi connectivity index (χ3n) is 6.33. The second-order valence-electron chi connectivity index (χ2n) is 9.65. The van der Waals surface area contributed by atoms with Crippen LogP contribution in [-0.2, 0) is 0 Å². The van der Waals surface area contributed by atoms with Gasteiger partial charge in [-0.25, -0.2) is 14.8 Å². The van der Waals surface area contributed by atoms with Gasteiger partial charge in [-0.1, -0.05) is 24.3 Å². The zero-order valence-corrected chi connectivity index (χ0v) is 22.3. The normalized spacial score (nSPS) is 11.3. The van der Waals surface area contributed by atoms with Crippen molar-refractivity contribution in [1.29, 1.82) is 0 Å². The number of ether oxygens (including phenoxy) is 1. The standard InChI is InChI=1S/C29H31N7O4/c1-36(2)14-3-15-40-21-9-11-23-25(17-21)35-27(33-23)19-6-4-18(5-7-19)26-32-22-10-8-20(16-24(22)34-26)28(37)30-12-13-31-29(38)39/h4-11,16-17,31H,3,12-15H2,1-2H3,(H,30,37)(H,32,34)(H,33,35)(H,38,39). The van der Waals surface area contributed by atoms with Gasteiger partial charge in [-0.3, -0.25) is 4.79 Å². The lowest BCUT2D eigenvalue weighted by atomic mass is 10.1. The van der Waals surface area contributed by atoms with Gasteiger partial charge in [0.15, 0.2) is 0 Å². The Bertz CT molecular complexity index is 1640. The van der Waals surface area contributed by atoms with Crippen molar-refractivity contribution in [2.24, 2.45) is 0 Å². The number of benzene rings is 3. The fourth-order valence-corrected chi connectivity index (χ4v) is 4.31. The number of aromatic nitrogens is 4. The molecule has 11 heteroatoms. The van der Waals surface area contributed by atoms with Gasteiger partial charge in [0.1, 0.15) is 17.4 Å². The molecule has 0 bridgehead atoms. The highest BCUT2D eigenvalue weighted by Gasteiger charge is 2.12. The van der Waals surface area contributed by atoms with Gasteiger partial charge in [0, 0.05) is 42.4 Å². The number of imidazole rings is 2. The molecule has 11 nitrogen and oxygen atoms in total. The van der Waals surface area contributed by atoms with Crippen molar-refractivity contribution in [3.05, 3.63) is 66.2 Å². The molecule has 2 heterocycles. The average Bonchev–Trinajstić information content (AvgIpc) is 3.57. The molecule has 0 fully saturated rings. The zero-order chi connectivity index (χ0) is 28.1. The Labute approximate surface area is 230 Å². The SMILES string of the molecule is CN(C)CCCOc1ccc2nc(-c3ccc(-c4nc5ccc(C(=O)NCCNC(=O)O)cc5[nH]4)cc3)[nH]c2c1. The number of carboxylic acid groups (broad SMARTS) is 1. The first-order chi connectivity index (χ1) is 19.4. The Morgan fingerprint density at radius 1 is 0.850 bits per heavy atom. The van der Waals surface area contributed by atoms with E-state index in [1.807, 2.05) is 42.5 Å². The highest BCUT2D eigenvalue weighted by molar-refractivity contribution is 5.97. The molecule has 0 atom stereocenters. The molecule has 40 heavy (non-hydrogen) atoms. The maximum Gasteiger partial charge on any atom is 0.404 e. The summed E-state index contributed by atoms with van der Waals surface area (Å²) in [4.78, 5) is 41.1. The molecule has 5 N–H and O–H groups in total. The first-order valence-corrected chi connectivity index (χ1v) is 13.0. The van der Waals surface area contributed by atoms with Gasteiger partial charge in [-0.2, -0.15) is 0 Å². The maximum atomic E-state index is 12.4. The van der Waals surface area contributed by atoms with Crippen molar-refractivity contribution in [2.45, 2.75) is 6.42 Å². The van der Waals surface area contributed by atoms with Gasteiger partial charge in [0.05, 0.1) is 28.7 Å². The van der Waals surface area contributed by atoms with E-state index in [2.05, 4.69) is 44.6 Å². The highest BCUT2D eigenvalue weighted by Crippen LogP contribution is 2.27. The van der Waals surface area contributed by atoms with Crippen LogP contribution in [0.2, 0.25) is 0 Å². The van der Waals surface area contributed by atoms with Crippen molar-refractivity contribution in [1.82, 2.24) is 35.5 Å². The smallest absolute Gasteiger partial charge is 0.404 e. The number of hydrogen-bond acceptors (Lipinski definition) is 6. The Morgan fingerprint density at radius 2 is 1.45 bits per heavy atom. The summed E-state index contributed by atoms with van der Waals surface area (Å²) >= 11 is 0. The molecule has 0 radical (unpaired) electrons. The van der Waals surface area contributed by atoms with E-state index in [0.717, 1.165) is 57.7 Å². The average molecular weight is 542 g/mol. The number of rotatable bonds is 11. The molecule has 3 aromatic carbocycles. The summed E-state index contributed by atoms with van der Waals surface area (Å²) in [5, 5.41) is 13.5. The Morgan fingerprint density at radius 3 is 2.08 bits per heavy atom. The van der Waals surface area contributed by atoms with Crippen LogP contribution in [0, 0.1) is 0 Å². The van der Waals surface area contributed by atoms with E-state index in [9.17, 15) is 9.59 Å². The lowest BCUT2D eigenvalue weighted by Crippen LogP contribution is -2.33. The number of H-pyrrole nitrogens is 2. The first kappa shape index (κ1) is 26.7. The molecule has 0 spiro atoms. The number of amides is 2. The molecule has 0 unspecified atom stereocenters. The molecule has 206 valence electrons. The van der Waals surface area contributed by atoms with Crippen molar-refractivity contribution in [3.8, 4) is 28.5 Å². The summed E-state index contributed by atoms with van der Waals surface area (Å²) in [5.74, 6) is 1.98. The Balaban J connectivity index is 1.26. The number of hydrogen-bond donors (Lipinski definition) is 5. The largest absolute Gasteiger partial charge is 0.493 e. The third kappa shape index (κ3) is 6.38. The van der Waals surface area contributed by atoms with E-state index in [1.165, 1.54) is 0 Å². The summed E-state index contributed by atoms with van der Waals surface area (Å²) in [7, 11) is 4.10. The fourth-order valence-electron chi connectivity index (χ4n) is 4.31. The van der Waals surface area contributed by atoms with E-state index in [1.54, 1.807) is 18.2 Å². The number of fused-ring (bicyclic) bond motifs is 2. The first-order valence-electron chi connectivity index (χ1n) is 13.0. The van der Waals surface area contributed by atoms with Gasteiger partial charge in [-0.05, 0) is 50.8 Å². The quantitative estimate of drug-likeness (QED) is 0.158. The number of aromatic amines is 2. The van der Waals surface area contributed by atoms with Crippen LogP contribution in [0.15, 0.2) is 60.7 Å². The van der Waals surface area contributed by atoms with Gasteiger partial charge >= 0.3 is 6.09 Å². The minimum absolute atomic E-state index is 0.133. The van der Waals surface area contributed by atoms with Crippen LogP contribution in [0.25, 0.3) is 44.8 Å². The molecule has 5 rings (SSSR count). The minimum atomic E-state index is -1.13. The van der Waals surface area contributed by atoms with Crippen molar-refractivity contribution < 1.29 is 19.4 Å². The van der Waals surface area contributed by atoms with Crippen molar-refractivity contribution in [2.75, 3.05) is 40.3 Å². The van der Waals surface area contributed by atoms with Crippen LogP contribution in [-0.4, -0.2) is 82.3 Å². The molecular weight excluding hydrogens is 510 g/mol. The predicted molar refractivity (Wildman–Crippen MR) is 154 cm³/mol. The van der Waals surface area contributed by atoms with E-state index in [-0.39, 0.29) is 19.0 Å². The highest BCUT2D eigenvalue weighted by atomic mass is 16.5. The zero-order valence-electron chi connectivity index (χ0n) is 22.3. The van der Waals surface area contributed by atoms with E-state index in [4.69, 9.17) is 14.8 Å². The van der Waals surface area contributed by atoms with Crippen molar-refractivity contribution >= 4 is 34.1 Å². The third-order valence-corrected chi connectivity index (χ3v) is 6.33. The molecule has 0 aliphatic heterocycles. The van der Waals surface area contributed by atoms with Crippen LogP contribution in [0.1, 0.15) is 16.8 Å². The lowest BCUT2D eigenvalue weighted by molar-refractivity contribution is 0.0953. The van der Waals surface area contributed by atoms with Crippen LogP contribution in [0.3, 0.4) is 0 Å². The lowest BCUT2D eigenvalue weighted by Gasteiger charge is -2.10. The van der Waals surface area contributed by atoms with E-state index >= 15 is 0 Å². The predicted octanol–water partition coefficient (Wildman–Crippen LogP) is 4.10. The van der Waals surface area contributed by atoms with Crippen LogP contribution in [0.5, 0.6) is 5.75 Å². The molecule has 5 aromatic rings. The van der Waals surface area contributed by atoms with Gasteiger partial charge < -0.3 is 35.3 Å². The van der Waals surface area contributed by atoms with Gasteiger partial charge in [-0.15, -0.1) is 0 Å². The van der Waals surface area contributed by atoms with E-state index < -0.39 is 6.09 Å². The molecular formula is C29H31N7O4. The second-order valence-corrected chi connectivity index (χ2v) is 9.65. The van der Waals surface area contributed by atoms with Crippen LogP contribution < -0.4 is 15.4 Å². The molecule has 0 aliphatic carbocycles. The summed E-state index contributed by atoms with van der Waals surface area (Å²) in [6.45, 7) is 1.97. The van der Waals surface area contributed by atoms with E-state index in [0.29, 0.717) is 18.0 Å². The monoisotopic (exact) mass is 541 g/mol. The number of nitrogens with zero attached hydrogens (tertiary/aromatic N) is 3. The Hall–Kier alpha value is -4.90. The molecule has 0 aliphatic rings. The summed E-state index contributed by atoms with van der Waals surface area (Å²) in [5.41, 5.74) is 5.55. The summed E-state index contributed by atoms with van der Waals surface area (Å²) in [6.07, 6.45) is -0.168. The topological polar surface area (TPSA) is 148 Å². The molecule has 0 saturated carbocycles. The summed E-state index contributed by atoms with van der Waals surface area (Å²) in [6, 6.07) is 19.0. The number of nitrogens with one attached hydrogen (secondary N) is 4. The number of carbonyl (C=O) groups is 2. The summed E-state index contributed by atoms with van der Waals surface area (Å²) < 4.78 is 5.89. The van der Waals surface area contributed by atoms with Crippen LogP contribution in [0.4, 0.5) is 4.79 Å². The maximum absolute atomic E-state index is 12.4.